The Labute approximate surface area is 107 Å². The van der Waals surface area contributed by atoms with E-state index in [0.717, 1.165) is 24.6 Å². The molecule has 0 aliphatic carbocycles. The molecule has 2 rings (SSSR count). The number of hydrogen-bond donors (Lipinski definition) is 1. The van der Waals surface area contributed by atoms with Gasteiger partial charge in [0.2, 0.25) is 0 Å². The van der Waals surface area contributed by atoms with E-state index in [2.05, 4.69) is 14.9 Å². The van der Waals surface area contributed by atoms with Crippen molar-refractivity contribution in [3.63, 3.8) is 0 Å². The highest BCUT2D eigenvalue weighted by molar-refractivity contribution is 5.29. The number of aromatic nitrogens is 2. The standard InChI is InChI=1S/C12H20N4O2/c1-8-4-11(13)15-12(14-8)7-16-5-9(17-2)10(6-16)18-3/h4,9-10H,5-7H2,1-3H3,(H2,13,14,15). The third-order valence-electron chi connectivity index (χ3n) is 3.18. The van der Waals surface area contributed by atoms with Crippen molar-refractivity contribution in [3.05, 3.63) is 17.6 Å². The van der Waals surface area contributed by atoms with Crippen LogP contribution < -0.4 is 5.73 Å². The summed E-state index contributed by atoms with van der Waals surface area (Å²) in [5.74, 6) is 1.27. The lowest BCUT2D eigenvalue weighted by Gasteiger charge is -2.14. The van der Waals surface area contributed by atoms with Crippen molar-refractivity contribution in [2.24, 2.45) is 0 Å². The van der Waals surface area contributed by atoms with Gasteiger partial charge in [0.15, 0.2) is 0 Å². The summed E-state index contributed by atoms with van der Waals surface area (Å²) in [5.41, 5.74) is 6.61. The fourth-order valence-electron chi connectivity index (χ4n) is 2.33. The molecule has 2 heterocycles. The van der Waals surface area contributed by atoms with Crippen LogP contribution in [0.4, 0.5) is 5.82 Å². The van der Waals surface area contributed by atoms with Crippen LogP contribution in [0, 0.1) is 6.92 Å². The third-order valence-corrected chi connectivity index (χ3v) is 3.18. The zero-order valence-corrected chi connectivity index (χ0v) is 11.1. The molecule has 0 amide bonds. The van der Waals surface area contributed by atoms with Crippen LogP contribution in [0.1, 0.15) is 11.5 Å². The Bertz CT molecular complexity index is 381. The molecule has 2 atom stereocenters. The number of aryl methyl sites for hydroxylation is 1. The molecule has 0 radical (unpaired) electrons. The van der Waals surface area contributed by atoms with Gasteiger partial charge in [-0.05, 0) is 6.92 Å². The number of nitrogens with two attached hydrogens (primary N) is 1. The van der Waals surface area contributed by atoms with E-state index in [0.29, 0.717) is 12.4 Å². The summed E-state index contributed by atoms with van der Waals surface area (Å²) in [6.07, 6.45) is 0.217. The summed E-state index contributed by atoms with van der Waals surface area (Å²) >= 11 is 0. The number of rotatable bonds is 4. The Balaban J connectivity index is 2.02. The van der Waals surface area contributed by atoms with Crippen LogP contribution in [0.2, 0.25) is 0 Å². The highest BCUT2D eigenvalue weighted by Gasteiger charge is 2.33. The minimum absolute atomic E-state index is 0.108. The molecule has 1 fully saturated rings. The summed E-state index contributed by atoms with van der Waals surface area (Å²) in [6.45, 7) is 4.24. The van der Waals surface area contributed by atoms with Crippen molar-refractivity contribution >= 4 is 5.82 Å². The molecule has 0 aromatic carbocycles. The van der Waals surface area contributed by atoms with Crippen LogP contribution in [0.25, 0.3) is 0 Å². The monoisotopic (exact) mass is 252 g/mol. The first-order valence-electron chi connectivity index (χ1n) is 6.00. The van der Waals surface area contributed by atoms with Crippen molar-refractivity contribution < 1.29 is 9.47 Å². The highest BCUT2D eigenvalue weighted by atomic mass is 16.5. The number of anilines is 1. The van der Waals surface area contributed by atoms with E-state index in [-0.39, 0.29) is 12.2 Å². The van der Waals surface area contributed by atoms with E-state index in [1.165, 1.54) is 0 Å². The van der Waals surface area contributed by atoms with Crippen LogP contribution in [0.3, 0.4) is 0 Å². The first kappa shape index (κ1) is 13.2. The molecule has 1 saturated heterocycles. The third kappa shape index (κ3) is 2.95. The van der Waals surface area contributed by atoms with Crippen molar-refractivity contribution in [2.45, 2.75) is 25.7 Å². The van der Waals surface area contributed by atoms with Crippen LogP contribution in [0.15, 0.2) is 6.07 Å². The Morgan fingerprint density at radius 1 is 1.28 bits per heavy atom. The topological polar surface area (TPSA) is 73.5 Å². The molecule has 2 N–H and O–H groups in total. The minimum Gasteiger partial charge on any atom is -0.384 e. The maximum Gasteiger partial charge on any atom is 0.144 e. The van der Waals surface area contributed by atoms with Gasteiger partial charge in [-0.25, -0.2) is 9.97 Å². The number of nitrogen functional groups attached to an aromatic ring is 1. The predicted octanol–water partition coefficient (Wildman–Crippen LogP) is 0.213. The van der Waals surface area contributed by atoms with Gasteiger partial charge >= 0.3 is 0 Å². The van der Waals surface area contributed by atoms with Crippen molar-refractivity contribution in [1.82, 2.24) is 14.9 Å². The van der Waals surface area contributed by atoms with E-state index in [9.17, 15) is 0 Å². The van der Waals surface area contributed by atoms with Crippen LogP contribution in [-0.4, -0.2) is 54.4 Å². The number of ether oxygens (including phenoxy) is 2. The molecule has 1 aliphatic rings. The second-order valence-electron chi connectivity index (χ2n) is 4.59. The predicted molar refractivity (Wildman–Crippen MR) is 68.1 cm³/mol. The quantitative estimate of drug-likeness (QED) is 0.826. The Morgan fingerprint density at radius 3 is 2.39 bits per heavy atom. The van der Waals surface area contributed by atoms with E-state index in [1.807, 2.05) is 6.92 Å². The molecular formula is C12H20N4O2. The maximum atomic E-state index is 5.72. The normalized spacial score (nSPS) is 24.6. The van der Waals surface area contributed by atoms with Gasteiger partial charge in [-0.2, -0.15) is 0 Å². The van der Waals surface area contributed by atoms with Gasteiger partial charge in [-0.1, -0.05) is 0 Å². The smallest absolute Gasteiger partial charge is 0.144 e. The van der Waals surface area contributed by atoms with E-state index in [1.54, 1.807) is 20.3 Å². The number of likely N-dealkylation sites (tertiary alicyclic amines) is 1. The van der Waals surface area contributed by atoms with E-state index >= 15 is 0 Å². The zero-order chi connectivity index (χ0) is 13.1. The molecule has 18 heavy (non-hydrogen) atoms. The minimum atomic E-state index is 0.108. The average molecular weight is 252 g/mol. The molecule has 0 saturated carbocycles. The van der Waals surface area contributed by atoms with E-state index < -0.39 is 0 Å². The molecule has 0 spiro atoms. The number of methoxy groups -OCH3 is 2. The first-order chi connectivity index (χ1) is 8.62. The largest absolute Gasteiger partial charge is 0.384 e. The second kappa shape index (κ2) is 5.60. The molecule has 1 aromatic heterocycles. The average Bonchev–Trinajstić information content (AvgIpc) is 2.69. The lowest BCUT2D eigenvalue weighted by atomic mass is 10.3. The van der Waals surface area contributed by atoms with Crippen LogP contribution in [-0.2, 0) is 16.0 Å². The second-order valence-corrected chi connectivity index (χ2v) is 4.59. The van der Waals surface area contributed by atoms with E-state index in [4.69, 9.17) is 15.2 Å². The van der Waals surface area contributed by atoms with Crippen LogP contribution >= 0.6 is 0 Å². The Kier molecular flexibility index (Phi) is 4.11. The van der Waals surface area contributed by atoms with Gasteiger partial charge in [0.1, 0.15) is 11.6 Å². The van der Waals surface area contributed by atoms with Gasteiger partial charge in [-0.3, -0.25) is 4.90 Å². The first-order valence-corrected chi connectivity index (χ1v) is 6.00. The SMILES string of the molecule is COC1CN(Cc2nc(C)cc(N)n2)CC1OC. The summed E-state index contributed by atoms with van der Waals surface area (Å²) in [4.78, 5) is 10.8. The molecule has 6 heteroatoms. The fraction of sp³-hybridized carbons (Fsp3) is 0.667. The van der Waals surface area contributed by atoms with Gasteiger partial charge < -0.3 is 15.2 Å². The molecule has 2 unspecified atom stereocenters. The Morgan fingerprint density at radius 2 is 1.89 bits per heavy atom. The van der Waals surface area contributed by atoms with Crippen LogP contribution in [0.5, 0.6) is 0 Å². The molecule has 0 bridgehead atoms. The highest BCUT2D eigenvalue weighted by Crippen LogP contribution is 2.17. The summed E-state index contributed by atoms with van der Waals surface area (Å²) < 4.78 is 10.8. The van der Waals surface area contributed by atoms with Gasteiger partial charge in [0, 0.05) is 39.1 Å². The lowest BCUT2D eigenvalue weighted by Crippen LogP contribution is -2.27. The van der Waals surface area contributed by atoms with Gasteiger partial charge in [0.25, 0.3) is 0 Å². The maximum absolute atomic E-state index is 5.72. The zero-order valence-electron chi connectivity index (χ0n) is 11.1. The lowest BCUT2D eigenvalue weighted by molar-refractivity contribution is -0.00461. The summed E-state index contributed by atoms with van der Waals surface area (Å²) in [6, 6.07) is 1.77. The molecular weight excluding hydrogens is 232 g/mol. The molecule has 1 aromatic rings. The van der Waals surface area contributed by atoms with Gasteiger partial charge in [-0.15, -0.1) is 0 Å². The molecule has 100 valence electrons. The summed E-state index contributed by atoms with van der Waals surface area (Å²) in [5, 5.41) is 0. The summed E-state index contributed by atoms with van der Waals surface area (Å²) in [7, 11) is 3.42. The van der Waals surface area contributed by atoms with Crippen molar-refractivity contribution in [2.75, 3.05) is 33.0 Å². The number of hydrogen-bond acceptors (Lipinski definition) is 6. The Hall–Kier alpha value is -1.24. The molecule has 1 aliphatic heterocycles. The van der Waals surface area contributed by atoms with Crippen molar-refractivity contribution in [1.29, 1.82) is 0 Å². The fourth-order valence-corrected chi connectivity index (χ4v) is 2.33. The van der Waals surface area contributed by atoms with Crippen molar-refractivity contribution in [3.8, 4) is 0 Å². The molecule has 6 nitrogen and oxygen atoms in total. The number of nitrogens with zero attached hydrogens (tertiary/aromatic N) is 3. The van der Waals surface area contributed by atoms with Gasteiger partial charge in [0.05, 0.1) is 18.8 Å².